The number of carbonyl (C=O) groups is 7. The molecule has 5 amide bonds. The number of morpholine rings is 2. The number of benzene rings is 9. The number of amides is 5. The fraction of sp³-hybridized carbons (Fsp3) is 0.330. The van der Waals surface area contributed by atoms with Crippen LogP contribution in [0.5, 0.6) is 17.2 Å². The van der Waals surface area contributed by atoms with E-state index in [9.17, 15) is 51.8 Å². The number of aliphatic hydroxyl groups excluding tert-OH is 1. The first-order valence-electron chi connectivity index (χ1n) is 38.9. The predicted octanol–water partition coefficient (Wildman–Crippen LogP) is 17.2. The highest BCUT2D eigenvalue weighted by molar-refractivity contribution is 9.11. The van der Waals surface area contributed by atoms with Gasteiger partial charge in [0.2, 0.25) is 0 Å². The third kappa shape index (κ3) is 28.9. The first-order valence-corrected chi connectivity index (χ1v) is 41.6. The molecule has 5 aliphatic rings. The number of methoxy groups -OCH3 is 4. The van der Waals surface area contributed by atoms with Gasteiger partial charge in [-0.1, -0.05) is 180 Å². The van der Waals surface area contributed by atoms with Gasteiger partial charge in [-0.2, -0.15) is 67.2 Å². The van der Waals surface area contributed by atoms with Crippen LogP contribution in [-0.2, 0) is 66.0 Å². The topological polar surface area (TPSA) is 280 Å². The number of nitrogens with zero attached hydrogens (tertiary/aromatic N) is 4. The van der Waals surface area contributed by atoms with E-state index in [2.05, 4.69) is 93.8 Å². The molecule has 0 unspecified atom stereocenters. The summed E-state index contributed by atoms with van der Waals surface area (Å²) >= 11 is 10.1. The molecule has 0 aromatic heterocycles. The van der Waals surface area contributed by atoms with Crippen molar-refractivity contribution in [1.82, 2.24) is 30.4 Å². The Kier molecular flexibility index (Phi) is 42.5. The number of ether oxygens (including phenoxy) is 9. The summed E-state index contributed by atoms with van der Waals surface area (Å²) in [5, 5.41) is 22.8. The quantitative estimate of drug-likeness (QED) is 0.0259. The number of halogens is 6. The second-order valence-corrected chi connectivity index (χ2v) is 31.1. The molecule has 4 N–H and O–H groups in total. The molecule has 672 valence electrons. The molecule has 9 aromatic carbocycles. The molecule has 0 radical (unpaired) electrons. The van der Waals surface area contributed by atoms with Crippen molar-refractivity contribution in [3.05, 3.63) is 297 Å². The maximum Gasteiger partial charge on any atom is 0.416 e. The third-order valence-electron chi connectivity index (χ3n) is 20.8. The Labute approximate surface area is 778 Å². The van der Waals surface area contributed by atoms with E-state index < -0.39 is 29.6 Å². The Morgan fingerprint density at radius 1 is 0.488 bits per heavy atom. The van der Waals surface area contributed by atoms with Crippen molar-refractivity contribution in [3.63, 3.8) is 0 Å². The number of alkyl halides is 4. The molecule has 34 heteroatoms. The standard InChI is InChI=1S/C23H26N2O5.C22H25N3O5.C19H18BrF3O3.C18H19NO3.C9H8Br2O2.4H2S/c1-16-3-5-17(6-4-16)20-15-30-21-13-18(22(26)28-2)7-8-19(21)14-25(20)23(27)24-9-11-29-12-10-24;1-15-2-4-16(5-3-15)19-14-30-20-12-17(21(26)23-28)6-7-18(20)13-25(19)22(27)24-8-10-29-11-9-24;1-26-18(25)14-4-2-13(17(20)10-14)3-5-15(11-24)12-6-8-16(9-7-12)19(21,22)23;1-12-3-5-13(6-4-12)16-11-22-17-9-14(18(20)21-2)7-8-15(17)10-19-16;1-13-9(12)6-2-3-7(5-10)8(11)4-6;;;;/h3-8,13,20H,9-12,14-15H2,1-2H3;2-7,12,19,28H,8-11,13-14H2,1H3,(H,23,26);2,4,6-10,15,24H,3,5,11H2,1H3;3-9,16,19H,10-11H2,1-2H3;2-4H,5H2,1H3;4*1H2/t20-;19-;15-;16-;;;;;/m1111...../s1. The van der Waals surface area contributed by atoms with E-state index in [1.54, 1.807) is 78.3 Å². The van der Waals surface area contributed by atoms with Crippen molar-refractivity contribution in [3.8, 4) is 17.2 Å². The van der Waals surface area contributed by atoms with Gasteiger partial charge in [0.15, 0.2) is 0 Å². The Hall–Kier alpha value is -9.30. The lowest BCUT2D eigenvalue weighted by molar-refractivity contribution is -0.137. The van der Waals surface area contributed by atoms with Crippen molar-refractivity contribution >= 4 is 144 Å². The van der Waals surface area contributed by atoms with E-state index in [1.165, 1.54) is 51.7 Å². The zero-order valence-electron chi connectivity index (χ0n) is 69.9. The van der Waals surface area contributed by atoms with Crippen LogP contribution < -0.4 is 25.0 Å². The number of fused-ring (bicyclic) bond motifs is 3. The highest BCUT2D eigenvalue weighted by atomic mass is 79.9. The molecule has 14 rings (SSSR count). The fourth-order valence-electron chi connectivity index (χ4n) is 13.7. The number of carbonyl (C=O) groups excluding carboxylic acids is 7. The van der Waals surface area contributed by atoms with Crippen molar-refractivity contribution in [2.24, 2.45) is 0 Å². The number of aryl methyl sites for hydroxylation is 4. The second-order valence-electron chi connectivity index (χ2n) is 28.8. The summed E-state index contributed by atoms with van der Waals surface area (Å²) in [4.78, 5) is 92.2. The Morgan fingerprint density at radius 2 is 0.856 bits per heavy atom. The number of hydroxylamine groups is 1. The van der Waals surface area contributed by atoms with Crippen LogP contribution in [0.3, 0.4) is 0 Å². The van der Waals surface area contributed by atoms with Crippen LogP contribution in [0.4, 0.5) is 22.8 Å². The van der Waals surface area contributed by atoms with Crippen LogP contribution in [0.25, 0.3) is 0 Å². The summed E-state index contributed by atoms with van der Waals surface area (Å²) in [5.74, 6) is -0.521. The predicted molar refractivity (Wildman–Crippen MR) is 498 cm³/mol. The highest BCUT2D eigenvalue weighted by Gasteiger charge is 2.37. The largest absolute Gasteiger partial charge is 0.491 e. The number of urea groups is 2. The summed E-state index contributed by atoms with van der Waals surface area (Å²) in [6, 6.07) is 55.2. The minimum Gasteiger partial charge on any atom is -0.491 e. The number of hydrogen-bond acceptors (Lipinski definition) is 19. The number of aliphatic hydroxyl groups is 1. The summed E-state index contributed by atoms with van der Waals surface area (Å²) in [6.07, 6.45) is -3.23. The molecule has 125 heavy (non-hydrogen) atoms. The van der Waals surface area contributed by atoms with Crippen molar-refractivity contribution in [2.75, 3.05) is 107 Å². The molecule has 5 heterocycles. The van der Waals surface area contributed by atoms with Gasteiger partial charge < -0.3 is 72.7 Å². The van der Waals surface area contributed by atoms with E-state index in [-0.39, 0.29) is 121 Å². The third-order valence-corrected chi connectivity index (χ3v) is 22.9. The van der Waals surface area contributed by atoms with Crippen LogP contribution >= 0.6 is 102 Å². The van der Waals surface area contributed by atoms with Crippen LogP contribution in [0.2, 0.25) is 0 Å². The number of esters is 4. The van der Waals surface area contributed by atoms with Gasteiger partial charge in [-0.15, -0.1) is 0 Å². The molecule has 2 fully saturated rings. The van der Waals surface area contributed by atoms with Crippen molar-refractivity contribution in [1.29, 1.82) is 0 Å². The second kappa shape index (κ2) is 50.9. The van der Waals surface area contributed by atoms with E-state index in [4.69, 9.17) is 38.4 Å². The van der Waals surface area contributed by atoms with Gasteiger partial charge in [0.05, 0.1) is 114 Å². The molecule has 5 aliphatic heterocycles. The fourth-order valence-corrected chi connectivity index (χ4v) is 15.7. The highest BCUT2D eigenvalue weighted by Crippen LogP contribution is 2.38. The van der Waals surface area contributed by atoms with Crippen LogP contribution in [-0.4, -0.2) is 179 Å². The smallest absolute Gasteiger partial charge is 0.416 e. The maximum absolute atomic E-state index is 13.5. The zero-order chi connectivity index (χ0) is 86.9. The van der Waals surface area contributed by atoms with Gasteiger partial charge in [0.1, 0.15) is 37.1 Å². The van der Waals surface area contributed by atoms with Gasteiger partial charge in [0.25, 0.3) is 5.91 Å². The summed E-state index contributed by atoms with van der Waals surface area (Å²) in [6.45, 7) is 12.9. The summed E-state index contributed by atoms with van der Waals surface area (Å²) in [7, 11) is 5.41. The monoisotopic (exact) mass is 1990 g/mol. The molecule has 4 atom stereocenters. The van der Waals surface area contributed by atoms with Crippen molar-refractivity contribution in [2.45, 2.75) is 88.8 Å². The van der Waals surface area contributed by atoms with E-state index in [0.29, 0.717) is 138 Å². The Balaban J connectivity index is 0.000000245. The van der Waals surface area contributed by atoms with Gasteiger partial charge in [-0.25, -0.2) is 34.2 Å². The Bertz CT molecular complexity index is 4910. The number of hydrogen-bond donors (Lipinski definition) is 4. The lowest BCUT2D eigenvalue weighted by atomic mass is 9.92. The average molecular weight is 1990 g/mol. The molecular weight excluding hydrogens is 1890 g/mol. The molecular formula is C91H104Br3F3N6O18S4. The first kappa shape index (κ1) is 104. The normalized spacial score (nSPS) is 15.7. The van der Waals surface area contributed by atoms with Gasteiger partial charge in [-0.05, 0) is 140 Å². The SMILES string of the molecule is COC(=O)c1ccc(CBr)c(Br)c1.COC(=O)c1ccc(CC[C@H](CO)c2ccc(C(F)(F)F)cc2)c(Br)c1.COC(=O)c1ccc2c(c1)OC[C@H](c1ccc(C)cc1)N(C(=O)N1CCOCC1)C2.COC(=O)c1ccc2c(c1)OC[C@H](c1ccc(C)cc1)NC2.Cc1ccc([C@H]2COc3cc(C(=O)NO)ccc3CN2C(=O)N2CCOCC2)cc1.S.S.S.S. The van der Waals surface area contributed by atoms with Crippen LogP contribution in [0.15, 0.2) is 197 Å². The lowest BCUT2D eigenvalue weighted by Crippen LogP contribution is -2.49. The zero-order valence-corrected chi connectivity index (χ0v) is 78.7. The van der Waals surface area contributed by atoms with Crippen molar-refractivity contribution < 1.29 is 99.7 Å². The van der Waals surface area contributed by atoms with E-state index in [1.807, 2.05) is 100 Å². The molecule has 0 aliphatic carbocycles. The molecule has 0 bridgehead atoms. The maximum atomic E-state index is 13.5. The van der Waals surface area contributed by atoms with E-state index in [0.717, 1.165) is 82.2 Å². The van der Waals surface area contributed by atoms with Gasteiger partial charge in [-0.3, -0.25) is 10.0 Å². The van der Waals surface area contributed by atoms with Crippen LogP contribution in [0, 0.1) is 20.8 Å². The lowest BCUT2D eigenvalue weighted by Gasteiger charge is -2.36. The molecule has 0 saturated carbocycles. The average Bonchev–Trinajstić information content (AvgIpc) is 1.68. The number of nitrogens with one attached hydrogen (secondary N) is 2. The van der Waals surface area contributed by atoms with Gasteiger partial charge >= 0.3 is 42.1 Å². The molecule has 0 spiro atoms. The molecule has 2 saturated heterocycles. The number of rotatable bonds is 14. The van der Waals surface area contributed by atoms with E-state index >= 15 is 0 Å². The minimum atomic E-state index is -4.38. The molecule has 9 aromatic rings. The Morgan fingerprint density at radius 3 is 1.25 bits per heavy atom. The van der Waals surface area contributed by atoms with Crippen LogP contribution in [0.1, 0.15) is 155 Å². The summed E-state index contributed by atoms with van der Waals surface area (Å²) < 4.78 is 87.3. The minimum absolute atomic E-state index is 0. The molecule has 24 nitrogen and oxygen atoms in total. The summed E-state index contributed by atoms with van der Waals surface area (Å²) in [5.41, 5.74) is 15.3. The van der Waals surface area contributed by atoms with Gasteiger partial charge in [0, 0.05) is 81.8 Å². The first-order chi connectivity index (χ1) is 58.2.